The SMILES string of the molecule is CCC(=O)CCCCC[C@H](NC(=O)C12CCN(CC1)CC2)c1ncc(-c2ccc3cc(F)ccc3c2)[nH]1. The summed E-state index contributed by atoms with van der Waals surface area (Å²) in [7, 11) is 0. The van der Waals surface area contributed by atoms with Crippen LogP contribution in [0.15, 0.2) is 42.6 Å². The Hall–Kier alpha value is -3.06. The standard InChI is InChI=1S/C30H37FN4O2/c1-2-25(36)6-4-3-5-7-26(34-29(37)30-12-15-35(16-13-30)17-14-30)28-32-20-27(33-28)23-9-8-22-19-24(31)11-10-21(22)18-23/h8-11,18-20,26H,2-7,12-17H2,1H3,(H,32,33)(H,34,37)/t26-/m0/s1. The maximum Gasteiger partial charge on any atom is 0.226 e. The number of piperidine rings is 3. The predicted octanol–water partition coefficient (Wildman–Crippen LogP) is 5.94. The fraction of sp³-hybridized carbons (Fsp3) is 0.500. The normalized spacial score (nSPS) is 21.7. The number of halogens is 1. The van der Waals surface area contributed by atoms with E-state index in [2.05, 4.69) is 15.2 Å². The number of amides is 1. The molecule has 0 unspecified atom stereocenters. The van der Waals surface area contributed by atoms with Gasteiger partial charge < -0.3 is 15.2 Å². The van der Waals surface area contributed by atoms with Gasteiger partial charge in [-0.2, -0.15) is 0 Å². The predicted molar refractivity (Wildman–Crippen MR) is 143 cm³/mol. The first-order valence-electron chi connectivity index (χ1n) is 13.8. The van der Waals surface area contributed by atoms with Crippen LogP contribution in [0.3, 0.4) is 0 Å². The summed E-state index contributed by atoms with van der Waals surface area (Å²) in [6, 6.07) is 10.5. The highest BCUT2D eigenvalue weighted by molar-refractivity contribution is 5.87. The number of nitrogens with one attached hydrogen (secondary N) is 2. The molecule has 0 aliphatic carbocycles. The number of aromatic nitrogens is 2. The van der Waals surface area contributed by atoms with E-state index < -0.39 is 0 Å². The van der Waals surface area contributed by atoms with Crippen molar-refractivity contribution in [1.29, 1.82) is 0 Å². The Morgan fingerprint density at radius 3 is 2.54 bits per heavy atom. The van der Waals surface area contributed by atoms with Crippen molar-refractivity contribution < 1.29 is 14.0 Å². The van der Waals surface area contributed by atoms with Crippen molar-refractivity contribution in [2.24, 2.45) is 5.41 Å². The molecule has 0 radical (unpaired) electrons. The fourth-order valence-electron chi connectivity index (χ4n) is 5.82. The van der Waals surface area contributed by atoms with Gasteiger partial charge in [-0.1, -0.05) is 38.0 Å². The lowest BCUT2D eigenvalue weighted by atomic mass is 9.71. The average Bonchev–Trinajstić information content (AvgIpc) is 3.43. The largest absolute Gasteiger partial charge is 0.346 e. The van der Waals surface area contributed by atoms with Crippen molar-refractivity contribution in [2.75, 3.05) is 19.6 Å². The summed E-state index contributed by atoms with van der Waals surface area (Å²) in [5.41, 5.74) is 1.58. The third kappa shape index (κ3) is 5.77. The lowest BCUT2D eigenvalue weighted by molar-refractivity contribution is -0.139. The zero-order chi connectivity index (χ0) is 25.8. The molecule has 0 spiro atoms. The van der Waals surface area contributed by atoms with Gasteiger partial charge in [-0.05, 0) is 80.7 Å². The number of fused-ring (bicyclic) bond motifs is 4. The van der Waals surface area contributed by atoms with Crippen molar-refractivity contribution in [3.05, 3.63) is 54.2 Å². The monoisotopic (exact) mass is 504 g/mol. The first-order chi connectivity index (χ1) is 18.0. The van der Waals surface area contributed by atoms with Crippen molar-refractivity contribution in [3.8, 4) is 11.3 Å². The number of nitrogens with zero attached hydrogens (tertiary/aromatic N) is 2. The quantitative estimate of drug-likeness (QED) is 0.317. The van der Waals surface area contributed by atoms with Gasteiger partial charge in [0.2, 0.25) is 5.91 Å². The number of unbranched alkanes of at least 4 members (excludes halogenated alkanes) is 2. The molecule has 3 aliphatic heterocycles. The molecule has 7 heteroatoms. The van der Waals surface area contributed by atoms with E-state index in [4.69, 9.17) is 4.98 Å². The van der Waals surface area contributed by atoms with Crippen LogP contribution in [0.25, 0.3) is 22.0 Å². The second-order valence-electron chi connectivity index (χ2n) is 10.8. The zero-order valence-corrected chi connectivity index (χ0v) is 21.7. The van der Waals surface area contributed by atoms with Gasteiger partial charge in [-0.15, -0.1) is 0 Å². The number of carbonyl (C=O) groups is 2. The van der Waals surface area contributed by atoms with Crippen LogP contribution < -0.4 is 5.32 Å². The van der Waals surface area contributed by atoms with Crippen molar-refractivity contribution in [2.45, 2.75) is 70.8 Å². The molecule has 3 aliphatic rings. The Bertz CT molecular complexity index is 1250. The zero-order valence-electron chi connectivity index (χ0n) is 21.7. The number of hydrogen-bond acceptors (Lipinski definition) is 4. The second kappa shape index (κ2) is 11.1. The molecule has 3 fully saturated rings. The van der Waals surface area contributed by atoms with Gasteiger partial charge in [0.25, 0.3) is 0 Å². The molecular weight excluding hydrogens is 467 g/mol. The smallest absolute Gasteiger partial charge is 0.226 e. The molecule has 3 saturated heterocycles. The van der Waals surface area contributed by atoms with Gasteiger partial charge in [-0.3, -0.25) is 9.59 Å². The number of carbonyl (C=O) groups excluding carboxylic acids is 2. The van der Waals surface area contributed by atoms with Crippen LogP contribution in [0.4, 0.5) is 4.39 Å². The lowest BCUT2D eigenvalue weighted by Crippen LogP contribution is -2.55. The van der Waals surface area contributed by atoms with Gasteiger partial charge in [0.15, 0.2) is 0 Å². The molecule has 3 aromatic rings. The van der Waals surface area contributed by atoms with Crippen LogP contribution in [0.2, 0.25) is 0 Å². The molecule has 6 nitrogen and oxygen atoms in total. The van der Waals surface area contributed by atoms with Gasteiger partial charge in [-0.25, -0.2) is 9.37 Å². The molecule has 6 rings (SSSR count). The van der Waals surface area contributed by atoms with Crippen LogP contribution >= 0.6 is 0 Å². The molecule has 2 bridgehead atoms. The molecular formula is C30H37FN4O2. The molecule has 196 valence electrons. The van der Waals surface area contributed by atoms with E-state index in [0.717, 1.165) is 92.4 Å². The molecule has 1 amide bonds. The van der Waals surface area contributed by atoms with Gasteiger partial charge in [0.05, 0.1) is 23.3 Å². The second-order valence-corrected chi connectivity index (χ2v) is 10.8. The number of aromatic amines is 1. The minimum atomic E-state index is -0.260. The molecule has 2 N–H and O–H groups in total. The number of Topliss-reactive ketones (excluding diaryl/α,β-unsaturated/α-hetero) is 1. The molecule has 2 aromatic carbocycles. The Labute approximate surface area is 218 Å². The van der Waals surface area contributed by atoms with E-state index >= 15 is 0 Å². The number of benzene rings is 2. The third-order valence-electron chi connectivity index (χ3n) is 8.39. The van der Waals surface area contributed by atoms with Crippen LogP contribution in [0, 0.1) is 11.2 Å². The minimum absolute atomic E-state index is 0.156. The number of hydrogen-bond donors (Lipinski definition) is 2. The summed E-state index contributed by atoms with van der Waals surface area (Å²) >= 11 is 0. The Morgan fingerprint density at radius 1 is 1.05 bits per heavy atom. The maximum absolute atomic E-state index is 13.6. The van der Waals surface area contributed by atoms with Crippen molar-refractivity contribution in [1.82, 2.24) is 20.2 Å². The summed E-state index contributed by atoms with van der Waals surface area (Å²) in [4.78, 5) is 35.8. The van der Waals surface area contributed by atoms with E-state index in [1.807, 2.05) is 31.3 Å². The van der Waals surface area contributed by atoms with Crippen LogP contribution in [-0.4, -0.2) is 46.2 Å². The minimum Gasteiger partial charge on any atom is -0.346 e. The summed E-state index contributed by atoms with van der Waals surface area (Å²) in [5.74, 6) is 0.978. The lowest BCUT2D eigenvalue weighted by Gasteiger charge is -2.47. The highest BCUT2D eigenvalue weighted by Crippen LogP contribution is 2.41. The number of imidazole rings is 1. The highest BCUT2D eigenvalue weighted by Gasteiger charge is 2.45. The Balaban J connectivity index is 1.32. The van der Waals surface area contributed by atoms with Crippen molar-refractivity contribution in [3.63, 3.8) is 0 Å². The molecule has 0 saturated carbocycles. The number of rotatable bonds is 11. The Kier molecular flexibility index (Phi) is 7.70. The van der Waals surface area contributed by atoms with Crippen LogP contribution in [0.1, 0.15) is 76.6 Å². The number of H-pyrrole nitrogens is 1. The third-order valence-corrected chi connectivity index (χ3v) is 8.39. The summed E-state index contributed by atoms with van der Waals surface area (Å²) in [6.07, 6.45) is 9.33. The van der Waals surface area contributed by atoms with E-state index in [9.17, 15) is 14.0 Å². The summed E-state index contributed by atoms with van der Waals surface area (Å²) < 4.78 is 13.6. The van der Waals surface area contributed by atoms with Crippen molar-refractivity contribution >= 4 is 22.5 Å². The molecule has 1 aromatic heterocycles. The average molecular weight is 505 g/mol. The van der Waals surface area contributed by atoms with Crippen LogP contribution in [-0.2, 0) is 9.59 Å². The van der Waals surface area contributed by atoms with E-state index in [1.54, 1.807) is 6.07 Å². The number of ketones is 1. The van der Waals surface area contributed by atoms with E-state index in [-0.39, 0.29) is 23.2 Å². The van der Waals surface area contributed by atoms with E-state index in [1.165, 1.54) is 12.1 Å². The molecule has 1 atom stereocenters. The topological polar surface area (TPSA) is 78.1 Å². The van der Waals surface area contributed by atoms with Gasteiger partial charge in [0.1, 0.15) is 17.4 Å². The maximum atomic E-state index is 13.6. The first-order valence-corrected chi connectivity index (χ1v) is 13.8. The molecule has 4 heterocycles. The summed E-state index contributed by atoms with van der Waals surface area (Å²) in [5, 5.41) is 5.19. The van der Waals surface area contributed by atoms with Gasteiger partial charge in [0, 0.05) is 18.4 Å². The van der Waals surface area contributed by atoms with Crippen LogP contribution in [0.5, 0.6) is 0 Å². The summed E-state index contributed by atoms with van der Waals surface area (Å²) in [6.45, 7) is 4.91. The molecule has 37 heavy (non-hydrogen) atoms. The Morgan fingerprint density at radius 2 is 1.78 bits per heavy atom. The first kappa shape index (κ1) is 25.6. The fourth-order valence-corrected chi connectivity index (χ4v) is 5.82. The van der Waals surface area contributed by atoms with E-state index in [0.29, 0.717) is 18.6 Å². The van der Waals surface area contributed by atoms with Gasteiger partial charge >= 0.3 is 0 Å². The highest BCUT2D eigenvalue weighted by atomic mass is 19.1.